The van der Waals surface area contributed by atoms with Gasteiger partial charge in [-0.15, -0.1) is 5.10 Å². The van der Waals surface area contributed by atoms with E-state index in [4.69, 9.17) is 19.8 Å². The lowest BCUT2D eigenvalue weighted by atomic mass is 10.2. The number of fused-ring (bicyclic) bond motifs is 1. The van der Waals surface area contributed by atoms with Crippen molar-refractivity contribution in [1.29, 1.82) is 0 Å². The van der Waals surface area contributed by atoms with Crippen LogP contribution in [0.15, 0.2) is 74.9 Å². The van der Waals surface area contributed by atoms with E-state index in [1.807, 2.05) is 25.1 Å². The monoisotopic (exact) mass is 675 g/mol. The summed E-state index contributed by atoms with van der Waals surface area (Å²) in [5, 5.41) is 19.9. The molecule has 6 rings (SSSR count). The van der Waals surface area contributed by atoms with Crippen LogP contribution in [0.5, 0.6) is 11.5 Å². The lowest BCUT2D eigenvalue weighted by Gasteiger charge is -2.19. The lowest BCUT2D eigenvalue weighted by Crippen LogP contribution is -2.26. The fourth-order valence-electron chi connectivity index (χ4n) is 4.90. The van der Waals surface area contributed by atoms with Crippen LogP contribution in [0.2, 0.25) is 0 Å². The van der Waals surface area contributed by atoms with Crippen LogP contribution in [0.1, 0.15) is 39.8 Å². The molecule has 0 aliphatic carbocycles. The van der Waals surface area contributed by atoms with Gasteiger partial charge in [-0.1, -0.05) is 35.5 Å². The number of hydrogen-bond donors (Lipinski definition) is 2. The zero-order valence-electron chi connectivity index (χ0n) is 24.0. The molecule has 0 saturated heterocycles. The molecule has 2 aromatic heterocycles. The minimum absolute atomic E-state index is 0.00808. The molecule has 230 valence electrons. The number of nitrogens with two attached hydrogens (primary N) is 1. The molecule has 3 N–H and O–H groups in total. The highest BCUT2D eigenvalue weighted by Crippen LogP contribution is 2.37. The summed E-state index contributed by atoms with van der Waals surface area (Å²) >= 11 is 3.53. The van der Waals surface area contributed by atoms with Gasteiger partial charge in [-0.25, -0.2) is 14.4 Å². The van der Waals surface area contributed by atoms with Crippen LogP contribution in [0.4, 0.5) is 15.9 Å². The molecule has 1 aliphatic rings. The first-order valence-electron chi connectivity index (χ1n) is 13.9. The van der Waals surface area contributed by atoms with E-state index in [9.17, 15) is 9.18 Å². The molecule has 13 nitrogen and oxygen atoms in total. The first-order valence-corrected chi connectivity index (χ1v) is 14.7. The number of hydrogen-bond acceptors (Lipinski definition) is 11. The maximum Gasteiger partial charge on any atom is 0.293 e. The van der Waals surface area contributed by atoms with E-state index in [0.29, 0.717) is 40.4 Å². The number of rotatable bonds is 11. The highest BCUT2D eigenvalue weighted by atomic mass is 79.9. The van der Waals surface area contributed by atoms with E-state index in [2.05, 4.69) is 58.0 Å². The van der Waals surface area contributed by atoms with Crippen molar-refractivity contribution in [3.8, 4) is 17.3 Å². The molecule has 5 aromatic rings. The number of hydrazone groups is 1. The third-order valence-electron chi connectivity index (χ3n) is 7.01. The molecule has 0 bridgehead atoms. The van der Waals surface area contributed by atoms with Crippen LogP contribution in [-0.2, 0) is 19.6 Å². The summed E-state index contributed by atoms with van der Waals surface area (Å²) in [5.41, 5.74) is 12.6. The van der Waals surface area contributed by atoms with Gasteiger partial charge >= 0.3 is 0 Å². The van der Waals surface area contributed by atoms with E-state index < -0.39 is 5.91 Å². The van der Waals surface area contributed by atoms with Crippen LogP contribution in [0.3, 0.4) is 0 Å². The summed E-state index contributed by atoms with van der Waals surface area (Å²) in [6, 6.07) is 17.6. The van der Waals surface area contributed by atoms with Gasteiger partial charge in [-0.3, -0.25) is 4.79 Å². The first kappa shape index (κ1) is 29.7. The number of carbonyl (C=O) groups excluding carboxylic acids is 1. The highest BCUT2D eigenvalue weighted by Gasteiger charge is 2.28. The SMILES string of the molecule is CCOc1cc(/C=N/NC(=O)c2nnn(-c3nonc3N)c2CN2CCc3ccccc32)cc(Br)c1OCc1ccc(F)cc1. The summed E-state index contributed by atoms with van der Waals surface area (Å²) in [5.74, 6) is 0.181. The number of aromatic nitrogens is 5. The van der Waals surface area contributed by atoms with Crippen molar-refractivity contribution >= 4 is 39.6 Å². The van der Waals surface area contributed by atoms with Crippen LogP contribution in [0.25, 0.3) is 5.82 Å². The number of anilines is 2. The average molecular weight is 677 g/mol. The molecule has 0 unspecified atom stereocenters. The largest absolute Gasteiger partial charge is 0.490 e. The van der Waals surface area contributed by atoms with Crippen LogP contribution in [-0.4, -0.2) is 50.6 Å². The average Bonchev–Trinajstić information content (AvgIpc) is 3.76. The molecule has 15 heteroatoms. The second-order valence-electron chi connectivity index (χ2n) is 9.95. The Kier molecular flexibility index (Phi) is 8.68. The molecule has 0 fully saturated rings. The molecule has 0 saturated carbocycles. The maximum absolute atomic E-state index is 13.3. The molecule has 0 spiro atoms. The number of carbonyl (C=O) groups is 1. The van der Waals surface area contributed by atoms with Gasteiger partial charge in [-0.05, 0) is 86.6 Å². The molecule has 3 aromatic carbocycles. The Bertz CT molecular complexity index is 1860. The fourth-order valence-corrected chi connectivity index (χ4v) is 5.47. The maximum atomic E-state index is 13.3. The minimum Gasteiger partial charge on any atom is -0.490 e. The zero-order chi connectivity index (χ0) is 31.3. The van der Waals surface area contributed by atoms with Gasteiger partial charge < -0.3 is 20.1 Å². The molecular formula is C30H27BrFN9O4. The van der Waals surface area contributed by atoms with Gasteiger partial charge in [0.2, 0.25) is 11.6 Å². The van der Waals surface area contributed by atoms with E-state index in [1.54, 1.807) is 24.3 Å². The van der Waals surface area contributed by atoms with E-state index >= 15 is 0 Å². The van der Waals surface area contributed by atoms with Crippen molar-refractivity contribution in [3.05, 3.63) is 99.0 Å². The van der Waals surface area contributed by atoms with Crippen molar-refractivity contribution in [2.24, 2.45) is 5.10 Å². The van der Waals surface area contributed by atoms with Crippen LogP contribution in [0, 0.1) is 5.82 Å². The number of nitrogen functional groups attached to an aromatic ring is 1. The van der Waals surface area contributed by atoms with Gasteiger partial charge in [0.05, 0.1) is 29.5 Å². The van der Waals surface area contributed by atoms with Gasteiger partial charge in [0.25, 0.3) is 5.91 Å². The smallest absolute Gasteiger partial charge is 0.293 e. The van der Waals surface area contributed by atoms with Crippen molar-refractivity contribution in [2.45, 2.75) is 26.5 Å². The van der Waals surface area contributed by atoms with Gasteiger partial charge in [0.15, 0.2) is 17.2 Å². The summed E-state index contributed by atoms with van der Waals surface area (Å²) in [6.07, 6.45) is 2.34. The molecule has 3 heterocycles. The second kappa shape index (κ2) is 13.1. The molecule has 0 atom stereocenters. The predicted octanol–water partition coefficient (Wildman–Crippen LogP) is 4.44. The van der Waals surface area contributed by atoms with E-state index in [0.717, 1.165) is 24.2 Å². The number of ether oxygens (including phenoxy) is 2. The topological polar surface area (TPSA) is 159 Å². The van der Waals surface area contributed by atoms with Gasteiger partial charge in [0.1, 0.15) is 12.4 Å². The molecule has 0 radical (unpaired) electrons. The standard InChI is InChI=1S/C30H27BrFN9O4/c1-2-43-25-14-19(13-22(31)27(25)44-17-18-7-9-21(32)10-8-18)15-34-36-30(42)26-24(41(39-35-26)29-28(33)37-45-38-29)16-40-12-11-20-5-3-4-6-23(20)40/h3-10,13-15H,2,11-12,16-17H2,1H3,(H2,33,37)(H,36,42)/b34-15+. The minimum atomic E-state index is -0.585. The first-order chi connectivity index (χ1) is 21.9. The van der Waals surface area contributed by atoms with Crippen LogP contribution < -0.4 is 25.5 Å². The number of nitrogens with zero attached hydrogens (tertiary/aromatic N) is 7. The summed E-state index contributed by atoms with van der Waals surface area (Å²) < 4.78 is 31.8. The van der Waals surface area contributed by atoms with Gasteiger partial charge in [0, 0.05) is 12.2 Å². The third-order valence-corrected chi connectivity index (χ3v) is 7.60. The number of nitrogens with one attached hydrogen (secondary N) is 1. The molecule has 1 aliphatic heterocycles. The fraction of sp³-hybridized carbons (Fsp3) is 0.200. The van der Waals surface area contributed by atoms with Crippen LogP contribution >= 0.6 is 15.9 Å². The van der Waals surface area contributed by atoms with Crippen molar-refractivity contribution in [1.82, 2.24) is 30.7 Å². The van der Waals surface area contributed by atoms with Crippen molar-refractivity contribution < 1.29 is 23.3 Å². The third kappa shape index (κ3) is 6.47. The Morgan fingerprint density at radius 2 is 2.00 bits per heavy atom. The lowest BCUT2D eigenvalue weighted by molar-refractivity contribution is 0.0949. The zero-order valence-corrected chi connectivity index (χ0v) is 25.6. The van der Waals surface area contributed by atoms with Crippen molar-refractivity contribution in [2.75, 3.05) is 23.8 Å². The van der Waals surface area contributed by atoms with Gasteiger partial charge in [-0.2, -0.15) is 9.78 Å². The van der Waals surface area contributed by atoms with E-state index in [-0.39, 0.29) is 29.8 Å². The Hall–Kier alpha value is -5.31. The normalized spacial score (nSPS) is 12.5. The Balaban J connectivity index is 1.21. The molecule has 45 heavy (non-hydrogen) atoms. The highest BCUT2D eigenvalue weighted by molar-refractivity contribution is 9.10. The number of benzene rings is 3. The Morgan fingerprint density at radius 3 is 2.78 bits per heavy atom. The van der Waals surface area contributed by atoms with E-state index in [1.165, 1.54) is 28.6 Å². The Labute approximate surface area is 264 Å². The predicted molar refractivity (Wildman–Crippen MR) is 166 cm³/mol. The number of halogens is 2. The van der Waals surface area contributed by atoms with Crippen molar-refractivity contribution in [3.63, 3.8) is 0 Å². The Morgan fingerprint density at radius 1 is 1.18 bits per heavy atom. The number of amides is 1. The molecule has 1 amide bonds. The summed E-state index contributed by atoms with van der Waals surface area (Å²) in [7, 11) is 0. The molecular weight excluding hydrogens is 649 g/mol. The summed E-state index contributed by atoms with van der Waals surface area (Å²) in [4.78, 5) is 15.5. The summed E-state index contributed by atoms with van der Waals surface area (Å²) in [6.45, 7) is 3.50. The number of para-hydroxylation sites is 1. The quantitative estimate of drug-likeness (QED) is 0.151. The second-order valence-corrected chi connectivity index (χ2v) is 10.8.